The van der Waals surface area contributed by atoms with E-state index in [2.05, 4.69) is 21.3 Å². The number of amides is 1. The van der Waals surface area contributed by atoms with Crippen LogP contribution in [0.4, 0.5) is 0 Å². The van der Waals surface area contributed by atoms with Crippen molar-refractivity contribution in [2.75, 3.05) is 40.3 Å². The van der Waals surface area contributed by atoms with E-state index in [1.807, 2.05) is 43.6 Å². The Hall–Kier alpha value is -2.15. The SMILES string of the molecule is COc1ccc(CN(C)C(=O)CN2CCNCC2c2cccnc2)cc1.Cl. The highest BCUT2D eigenvalue weighted by Crippen LogP contribution is 2.21. The highest BCUT2D eigenvalue weighted by atomic mass is 35.5. The van der Waals surface area contributed by atoms with Gasteiger partial charge in [0, 0.05) is 51.7 Å². The Morgan fingerprint density at radius 2 is 2.11 bits per heavy atom. The molecule has 1 aromatic carbocycles. The molecule has 0 saturated carbocycles. The first-order valence-electron chi connectivity index (χ1n) is 8.89. The van der Waals surface area contributed by atoms with Gasteiger partial charge in [0.1, 0.15) is 5.75 Å². The van der Waals surface area contributed by atoms with Gasteiger partial charge >= 0.3 is 0 Å². The predicted molar refractivity (Wildman–Crippen MR) is 108 cm³/mol. The minimum Gasteiger partial charge on any atom is -0.497 e. The summed E-state index contributed by atoms with van der Waals surface area (Å²) in [6.45, 7) is 3.58. The molecule has 1 unspecified atom stereocenters. The Labute approximate surface area is 166 Å². The maximum atomic E-state index is 12.7. The summed E-state index contributed by atoms with van der Waals surface area (Å²) in [5.41, 5.74) is 2.23. The fraction of sp³-hybridized carbons (Fsp3) is 0.400. The number of likely N-dealkylation sites (N-methyl/N-ethyl adjacent to an activating group) is 1. The highest BCUT2D eigenvalue weighted by Gasteiger charge is 2.26. The van der Waals surface area contributed by atoms with Gasteiger partial charge in [0.25, 0.3) is 0 Å². The molecule has 0 aliphatic carbocycles. The Morgan fingerprint density at radius 3 is 2.78 bits per heavy atom. The Kier molecular flexibility index (Phi) is 8.03. The number of hydrogen-bond donors (Lipinski definition) is 1. The molecule has 1 aromatic heterocycles. The van der Waals surface area contributed by atoms with Crippen LogP contribution in [0, 0.1) is 0 Å². The van der Waals surface area contributed by atoms with E-state index >= 15 is 0 Å². The van der Waals surface area contributed by atoms with Crippen LogP contribution >= 0.6 is 12.4 Å². The molecule has 146 valence electrons. The molecule has 1 fully saturated rings. The molecule has 0 bridgehead atoms. The average molecular weight is 391 g/mol. The molecule has 0 spiro atoms. The normalized spacial score (nSPS) is 17.0. The second kappa shape index (κ2) is 10.3. The summed E-state index contributed by atoms with van der Waals surface area (Å²) < 4.78 is 5.18. The third-order valence-electron chi connectivity index (χ3n) is 4.77. The van der Waals surface area contributed by atoms with Gasteiger partial charge in [-0.1, -0.05) is 18.2 Å². The molecule has 1 saturated heterocycles. The summed E-state index contributed by atoms with van der Waals surface area (Å²) in [7, 11) is 3.50. The summed E-state index contributed by atoms with van der Waals surface area (Å²) in [5, 5.41) is 3.41. The summed E-state index contributed by atoms with van der Waals surface area (Å²) in [6, 6.07) is 12.0. The Bertz CT molecular complexity index is 712. The van der Waals surface area contributed by atoms with Gasteiger partial charge in [-0.3, -0.25) is 14.7 Å². The monoisotopic (exact) mass is 390 g/mol. The number of ether oxygens (including phenoxy) is 1. The molecule has 1 aliphatic heterocycles. The molecule has 1 aliphatic rings. The minimum absolute atomic E-state index is 0. The number of carbonyl (C=O) groups is 1. The second-order valence-electron chi connectivity index (χ2n) is 6.57. The van der Waals surface area contributed by atoms with Crippen molar-refractivity contribution in [1.82, 2.24) is 20.1 Å². The summed E-state index contributed by atoms with van der Waals surface area (Å²) >= 11 is 0. The molecule has 27 heavy (non-hydrogen) atoms. The third-order valence-corrected chi connectivity index (χ3v) is 4.77. The van der Waals surface area contributed by atoms with Gasteiger partial charge in [-0.2, -0.15) is 0 Å². The van der Waals surface area contributed by atoms with Crippen LogP contribution in [-0.2, 0) is 11.3 Å². The topological polar surface area (TPSA) is 57.7 Å². The van der Waals surface area contributed by atoms with Crippen molar-refractivity contribution in [3.8, 4) is 5.75 Å². The number of halogens is 1. The third kappa shape index (κ3) is 5.66. The van der Waals surface area contributed by atoms with Gasteiger partial charge in [-0.25, -0.2) is 0 Å². The second-order valence-corrected chi connectivity index (χ2v) is 6.57. The maximum Gasteiger partial charge on any atom is 0.236 e. The van der Waals surface area contributed by atoms with E-state index in [9.17, 15) is 4.79 Å². The van der Waals surface area contributed by atoms with Crippen LogP contribution in [0.1, 0.15) is 17.2 Å². The molecule has 3 rings (SSSR count). The number of methoxy groups -OCH3 is 1. The number of pyridine rings is 1. The van der Waals surface area contributed by atoms with Crippen LogP contribution in [0.2, 0.25) is 0 Å². The van der Waals surface area contributed by atoms with Gasteiger partial charge < -0.3 is 15.0 Å². The molecular formula is C20H27ClN4O2. The van der Waals surface area contributed by atoms with Gasteiger partial charge in [0.15, 0.2) is 0 Å². The van der Waals surface area contributed by atoms with Crippen LogP contribution in [0.3, 0.4) is 0 Å². The summed E-state index contributed by atoms with van der Waals surface area (Å²) in [5.74, 6) is 0.944. The number of aromatic nitrogens is 1. The lowest BCUT2D eigenvalue weighted by Crippen LogP contribution is -2.49. The Balaban J connectivity index is 0.00000261. The molecule has 1 atom stereocenters. The molecule has 6 nitrogen and oxygen atoms in total. The van der Waals surface area contributed by atoms with Crippen molar-refractivity contribution in [3.63, 3.8) is 0 Å². The minimum atomic E-state index is 0. The first-order chi connectivity index (χ1) is 12.7. The first kappa shape index (κ1) is 21.2. The van der Waals surface area contributed by atoms with E-state index in [0.717, 1.165) is 36.5 Å². The molecule has 0 radical (unpaired) electrons. The van der Waals surface area contributed by atoms with Gasteiger partial charge in [0.05, 0.1) is 13.7 Å². The quantitative estimate of drug-likeness (QED) is 0.818. The molecule has 7 heteroatoms. The van der Waals surface area contributed by atoms with E-state index in [1.54, 1.807) is 18.2 Å². The molecule has 1 amide bonds. The maximum absolute atomic E-state index is 12.7. The number of carbonyl (C=O) groups excluding carboxylic acids is 1. The number of nitrogens with zero attached hydrogens (tertiary/aromatic N) is 3. The lowest BCUT2D eigenvalue weighted by atomic mass is 10.1. The van der Waals surface area contributed by atoms with E-state index in [0.29, 0.717) is 13.1 Å². The number of rotatable bonds is 6. The molecule has 2 aromatic rings. The summed E-state index contributed by atoms with van der Waals surface area (Å²) in [6.07, 6.45) is 3.66. The first-order valence-corrected chi connectivity index (χ1v) is 8.89. The van der Waals surface area contributed by atoms with Gasteiger partial charge in [-0.15, -0.1) is 12.4 Å². The number of piperazine rings is 1. The average Bonchev–Trinajstić information content (AvgIpc) is 2.69. The molecule has 2 heterocycles. The van der Waals surface area contributed by atoms with Crippen LogP contribution in [-0.4, -0.2) is 61.0 Å². The fourth-order valence-corrected chi connectivity index (χ4v) is 3.22. The molecular weight excluding hydrogens is 364 g/mol. The zero-order valence-corrected chi connectivity index (χ0v) is 16.6. The predicted octanol–water partition coefficient (Wildman–Crippen LogP) is 2.12. The number of nitrogens with one attached hydrogen (secondary N) is 1. The summed E-state index contributed by atoms with van der Waals surface area (Å²) in [4.78, 5) is 21.0. The van der Waals surface area contributed by atoms with Crippen LogP contribution < -0.4 is 10.1 Å². The van der Waals surface area contributed by atoms with Gasteiger partial charge in [0.2, 0.25) is 5.91 Å². The van der Waals surface area contributed by atoms with Gasteiger partial charge in [-0.05, 0) is 29.3 Å². The van der Waals surface area contributed by atoms with Crippen molar-refractivity contribution >= 4 is 18.3 Å². The van der Waals surface area contributed by atoms with E-state index < -0.39 is 0 Å². The van der Waals surface area contributed by atoms with Crippen molar-refractivity contribution < 1.29 is 9.53 Å². The number of benzene rings is 1. The standard InChI is InChI=1S/C20H26N4O2.ClH/c1-23(14-16-5-7-18(26-2)8-6-16)20(25)15-24-11-10-22-13-19(24)17-4-3-9-21-12-17;/h3-9,12,19,22H,10-11,13-15H2,1-2H3;1H. The zero-order chi connectivity index (χ0) is 18.4. The largest absolute Gasteiger partial charge is 0.497 e. The van der Waals surface area contributed by atoms with Crippen molar-refractivity contribution in [2.24, 2.45) is 0 Å². The highest BCUT2D eigenvalue weighted by molar-refractivity contribution is 5.85. The van der Waals surface area contributed by atoms with Crippen LogP contribution in [0.25, 0.3) is 0 Å². The van der Waals surface area contributed by atoms with Crippen LogP contribution in [0.15, 0.2) is 48.8 Å². The zero-order valence-electron chi connectivity index (χ0n) is 15.8. The smallest absolute Gasteiger partial charge is 0.236 e. The van der Waals surface area contributed by atoms with E-state index in [-0.39, 0.29) is 24.4 Å². The van der Waals surface area contributed by atoms with E-state index in [1.165, 1.54) is 0 Å². The van der Waals surface area contributed by atoms with Crippen molar-refractivity contribution in [3.05, 3.63) is 59.9 Å². The van der Waals surface area contributed by atoms with Crippen molar-refractivity contribution in [2.45, 2.75) is 12.6 Å². The van der Waals surface area contributed by atoms with Crippen LogP contribution in [0.5, 0.6) is 5.75 Å². The lowest BCUT2D eigenvalue weighted by molar-refractivity contribution is -0.132. The number of hydrogen-bond acceptors (Lipinski definition) is 5. The molecule has 1 N–H and O–H groups in total. The fourth-order valence-electron chi connectivity index (χ4n) is 3.22. The lowest BCUT2D eigenvalue weighted by Gasteiger charge is -2.36. The van der Waals surface area contributed by atoms with E-state index in [4.69, 9.17) is 4.74 Å². The van der Waals surface area contributed by atoms with Crippen molar-refractivity contribution in [1.29, 1.82) is 0 Å². The Morgan fingerprint density at radius 1 is 1.33 bits per heavy atom.